The summed E-state index contributed by atoms with van der Waals surface area (Å²) < 4.78 is 43.7. The van der Waals surface area contributed by atoms with Gasteiger partial charge in [-0.05, 0) is 41.9 Å². The molecule has 9 atom stereocenters. The summed E-state index contributed by atoms with van der Waals surface area (Å²) in [6.07, 6.45) is -4.89. The van der Waals surface area contributed by atoms with Gasteiger partial charge in [0.05, 0.1) is 35.3 Å². The van der Waals surface area contributed by atoms with Crippen molar-refractivity contribution in [3.8, 4) is 10.4 Å². The highest BCUT2D eigenvalue weighted by Gasteiger charge is 2.49. The summed E-state index contributed by atoms with van der Waals surface area (Å²) in [6.45, 7) is 6.50. The number of hydrogen-bond donors (Lipinski definition) is 10. The minimum atomic E-state index is -5.30. The van der Waals surface area contributed by atoms with Gasteiger partial charge < -0.3 is 51.1 Å². The fourth-order valence-electron chi connectivity index (χ4n) is 8.54. The number of aliphatic hydroxyl groups excluding tert-OH is 3. The smallest absolute Gasteiger partial charge is 0.391 e. The molecule has 0 bridgehead atoms. The van der Waals surface area contributed by atoms with E-state index in [1.807, 2.05) is 61.5 Å². The number of aliphatic hydroxyl groups is 3. The predicted molar refractivity (Wildman–Crippen MR) is 261 cm³/mol. The lowest BCUT2D eigenvalue weighted by Gasteiger charge is -2.35. The number of ether oxygens (including phenoxy) is 1. The molecule has 390 valence electrons. The number of nitrogens with zero attached hydrogens (tertiary/aromatic N) is 5. The molecule has 2 aromatic carbocycles. The van der Waals surface area contributed by atoms with Crippen molar-refractivity contribution >= 4 is 61.7 Å². The van der Waals surface area contributed by atoms with E-state index in [2.05, 4.69) is 35.0 Å². The molecule has 5 aromatic rings. The normalized spacial score (nSPS) is 22.4. The van der Waals surface area contributed by atoms with Crippen LogP contribution >= 0.6 is 26.9 Å². The number of anilines is 1. The molecule has 72 heavy (non-hydrogen) atoms. The molecule has 3 aromatic heterocycles. The third-order valence-corrected chi connectivity index (χ3v) is 16.0. The predicted octanol–water partition coefficient (Wildman–Crippen LogP) is 1.89. The van der Waals surface area contributed by atoms with Crippen molar-refractivity contribution in [2.45, 2.75) is 116 Å². The maximum atomic E-state index is 14.0. The lowest BCUT2D eigenvalue weighted by molar-refractivity contribution is -0.745. The Hall–Kier alpha value is -5.27. The molecule has 2 saturated heterocycles. The average Bonchev–Trinajstić information content (AvgIpc) is 4.09. The largest absolute Gasteiger partial charge is 0.480 e. The molecular weight excluding hydrogens is 999 g/mol. The number of aromatic nitrogens is 5. The Morgan fingerprint density at radius 3 is 2.43 bits per heavy atom. The summed E-state index contributed by atoms with van der Waals surface area (Å²) in [7, 11) is -10.3. The van der Waals surface area contributed by atoms with Crippen LogP contribution in [0.15, 0.2) is 71.2 Å². The van der Waals surface area contributed by atoms with Crippen LogP contribution in [0.2, 0.25) is 0 Å². The summed E-state index contributed by atoms with van der Waals surface area (Å²) in [4.78, 5) is 87.6. The van der Waals surface area contributed by atoms with Crippen molar-refractivity contribution in [1.29, 1.82) is 0 Å². The van der Waals surface area contributed by atoms with Crippen molar-refractivity contribution in [1.82, 2.24) is 40.1 Å². The summed E-state index contributed by atoms with van der Waals surface area (Å²) in [5, 5.41) is 40.2. The van der Waals surface area contributed by atoms with Gasteiger partial charge in [-0.15, -0.1) is 11.3 Å². The SMILES string of the molecule is Cc1ncsc1-c1ccc(CNC(=O)C2CC(O)CN2C(=O)C(NC(=O)CCCCCNP(=O)(O)OP(=O)(O)OCC2OC([n+]3cn(Cc4ccccc4)c4c(=O)[nH]c(N)nc43)C(O)C2O)C(C)(C)C)cc1. The van der Waals surface area contributed by atoms with E-state index < -0.39 is 93.6 Å². The Kier molecular flexibility index (Phi) is 17.3. The quantitative estimate of drug-likeness (QED) is 0.0285. The van der Waals surface area contributed by atoms with Crippen molar-refractivity contribution < 1.29 is 66.8 Å². The lowest BCUT2D eigenvalue weighted by atomic mass is 9.85. The van der Waals surface area contributed by atoms with Gasteiger partial charge in [0, 0.05) is 32.5 Å². The van der Waals surface area contributed by atoms with Gasteiger partial charge in [-0.3, -0.25) is 33.3 Å². The second-order valence-electron chi connectivity index (χ2n) is 18.8. The molecule has 9 unspecified atom stereocenters. The molecule has 7 rings (SSSR count). The second-order valence-corrected chi connectivity index (χ2v) is 22.9. The number of phosphoric acid groups is 1. The lowest BCUT2D eigenvalue weighted by Crippen LogP contribution is -2.57. The Labute approximate surface area is 417 Å². The fraction of sp³-hybridized carbons (Fsp3) is 0.489. The molecule has 27 heteroatoms. The highest BCUT2D eigenvalue weighted by atomic mass is 32.1. The first kappa shape index (κ1) is 54.5. The molecule has 24 nitrogen and oxygen atoms in total. The molecule has 2 aliphatic heterocycles. The first-order valence-electron chi connectivity index (χ1n) is 23.2. The molecule has 3 amide bonds. The van der Waals surface area contributed by atoms with E-state index in [1.165, 1.54) is 27.1 Å². The number of amides is 3. The number of aromatic amines is 1. The number of likely N-dealkylation sites (tertiary alicyclic amines) is 1. The standard InChI is InChI=1S/C45H60N10O14P2S/c1-26-37(72-24-48-26)29-16-14-27(15-17-29)20-47-40(60)31-19-30(56)22-54(31)42(62)38(45(2,3)4)50-33(57)13-9-6-10-18-49-70(63,64)69-71(65,66)67-23-32-35(58)36(59)43(68-32)55-25-53(21-28-11-7-5-8-12-28)34-39(55)51-44(46)52-41(34)61/h5,7-8,11-12,14-17,24-25,30-32,35-36,38,43,56,58-59H,6,9-10,13,18-23H2,1-4H3,(H7-,46,47,49,50,51,52,57,60,61,63,64,65,66)/p+1. The van der Waals surface area contributed by atoms with Crippen LogP contribution in [0.3, 0.4) is 0 Å². The summed E-state index contributed by atoms with van der Waals surface area (Å²) in [5.74, 6) is -1.63. The minimum absolute atomic E-state index is 0.00686. The second kappa shape index (κ2) is 22.9. The van der Waals surface area contributed by atoms with Gasteiger partial charge in [0.25, 0.3) is 11.5 Å². The van der Waals surface area contributed by atoms with Gasteiger partial charge in [0.1, 0.15) is 30.4 Å². The van der Waals surface area contributed by atoms with Crippen LogP contribution < -0.4 is 31.6 Å². The Bertz CT molecular complexity index is 2880. The molecule has 2 aliphatic rings. The monoisotopic (exact) mass is 1060 g/mol. The van der Waals surface area contributed by atoms with E-state index in [9.17, 15) is 53.4 Å². The molecule has 2 fully saturated rings. The number of benzene rings is 2. The number of fused-ring (bicyclic) bond motifs is 1. The number of nitrogens with two attached hydrogens (primary N) is 1. The molecule has 0 saturated carbocycles. The van der Waals surface area contributed by atoms with E-state index in [-0.39, 0.29) is 69.0 Å². The molecule has 11 N–H and O–H groups in total. The molecule has 0 aliphatic carbocycles. The van der Waals surface area contributed by atoms with E-state index in [0.717, 1.165) is 27.3 Å². The van der Waals surface area contributed by atoms with Gasteiger partial charge in [-0.2, -0.15) is 4.31 Å². The van der Waals surface area contributed by atoms with Crippen molar-refractivity contribution in [3.63, 3.8) is 0 Å². The van der Waals surface area contributed by atoms with E-state index in [4.69, 9.17) is 15.0 Å². The third kappa shape index (κ3) is 13.5. The highest BCUT2D eigenvalue weighted by Crippen LogP contribution is 2.58. The number of rotatable bonds is 21. The van der Waals surface area contributed by atoms with Crippen LogP contribution in [-0.4, -0.2) is 123 Å². The number of hydrogen-bond acceptors (Lipinski definition) is 16. The summed E-state index contributed by atoms with van der Waals surface area (Å²) in [6, 6.07) is 14.8. The Balaban J connectivity index is 0.842. The number of carbonyl (C=O) groups is 3. The first-order chi connectivity index (χ1) is 34.0. The zero-order valence-electron chi connectivity index (χ0n) is 40.0. The maximum absolute atomic E-state index is 14.0. The zero-order chi connectivity index (χ0) is 52.1. The number of β-amino-alcohol motifs (C(OH)–C–C–N with tert-alkyl or cyclic N) is 1. The van der Waals surface area contributed by atoms with Gasteiger partial charge in [-0.25, -0.2) is 23.8 Å². The number of H-pyrrole nitrogens is 1. The number of nitrogens with one attached hydrogen (secondary N) is 4. The van der Waals surface area contributed by atoms with Crippen LogP contribution in [0, 0.1) is 12.3 Å². The van der Waals surface area contributed by atoms with Gasteiger partial charge in [0.2, 0.25) is 29.5 Å². The van der Waals surface area contributed by atoms with Crippen LogP contribution in [0.5, 0.6) is 0 Å². The van der Waals surface area contributed by atoms with Crippen LogP contribution in [0.25, 0.3) is 21.6 Å². The highest BCUT2D eigenvalue weighted by molar-refractivity contribution is 7.62. The van der Waals surface area contributed by atoms with Crippen LogP contribution in [0.4, 0.5) is 5.95 Å². The van der Waals surface area contributed by atoms with Gasteiger partial charge in [0.15, 0.2) is 6.33 Å². The first-order valence-corrected chi connectivity index (χ1v) is 27.1. The van der Waals surface area contributed by atoms with Gasteiger partial charge >= 0.3 is 21.2 Å². The maximum Gasteiger partial charge on any atom is 0.480 e. The van der Waals surface area contributed by atoms with Gasteiger partial charge in [-0.1, -0.05) is 86.8 Å². The number of aryl methyl sites for hydroxylation is 1. The molecular formula is C45H61N10O14P2S+. The number of thiazole rings is 1. The minimum Gasteiger partial charge on any atom is -0.391 e. The molecule has 0 radical (unpaired) electrons. The van der Waals surface area contributed by atoms with Crippen LogP contribution in [-0.2, 0) is 50.2 Å². The Morgan fingerprint density at radius 2 is 1.75 bits per heavy atom. The number of unbranched alkanes of at least 4 members (excludes halogenated alkanes) is 2. The van der Waals surface area contributed by atoms with Crippen LogP contribution in [0.1, 0.15) is 75.9 Å². The van der Waals surface area contributed by atoms with E-state index in [0.29, 0.717) is 6.42 Å². The molecule has 5 heterocycles. The number of imidazole rings is 1. The van der Waals surface area contributed by atoms with E-state index >= 15 is 0 Å². The summed E-state index contributed by atoms with van der Waals surface area (Å²) in [5.41, 5.74) is 9.93. The van der Waals surface area contributed by atoms with Crippen molar-refractivity contribution in [3.05, 3.63) is 93.6 Å². The average molecular weight is 1060 g/mol. The topological polar surface area (TPSA) is 347 Å². The molecule has 0 spiro atoms. The third-order valence-electron chi connectivity index (χ3n) is 12.2. The van der Waals surface area contributed by atoms with E-state index in [1.54, 1.807) is 30.8 Å². The van der Waals surface area contributed by atoms with Crippen molar-refractivity contribution in [2.75, 3.05) is 25.4 Å². The fourth-order valence-corrected chi connectivity index (χ4v) is 11.7. The Morgan fingerprint density at radius 1 is 1.03 bits per heavy atom. The zero-order valence-corrected chi connectivity index (χ0v) is 42.6. The number of phosphoric ester groups is 1. The number of nitrogen functional groups attached to an aromatic ring is 1. The van der Waals surface area contributed by atoms with Crippen molar-refractivity contribution in [2.24, 2.45) is 5.41 Å². The number of carbonyl (C=O) groups excluding carboxylic acids is 3. The summed E-state index contributed by atoms with van der Waals surface area (Å²) >= 11 is 1.54.